The van der Waals surface area contributed by atoms with Gasteiger partial charge in [0.05, 0.1) is 34.4 Å². The van der Waals surface area contributed by atoms with Gasteiger partial charge in [0.15, 0.2) is 23.0 Å². The van der Waals surface area contributed by atoms with E-state index in [2.05, 4.69) is 0 Å². The van der Waals surface area contributed by atoms with Gasteiger partial charge in [-0.3, -0.25) is 9.59 Å². The molecule has 31 heavy (non-hydrogen) atoms. The molecule has 1 heterocycles. The summed E-state index contributed by atoms with van der Waals surface area (Å²) < 4.78 is 32.5. The number of ether oxygens (including phenoxy) is 6. The van der Waals surface area contributed by atoms with E-state index in [0.717, 1.165) is 11.1 Å². The summed E-state index contributed by atoms with van der Waals surface area (Å²) in [6.45, 7) is 0.109. The Morgan fingerprint density at radius 3 is 2.16 bits per heavy atom. The van der Waals surface area contributed by atoms with Crippen LogP contribution in [0.1, 0.15) is 22.6 Å². The summed E-state index contributed by atoms with van der Waals surface area (Å²) in [5.41, 5.74) is 2.54. The van der Waals surface area contributed by atoms with Gasteiger partial charge in [0, 0.05) is 11.5 Å². The Morgan fingerprint density at radius 2 is 1.61 bits per heavy atom. The molecule has 0 spiro atoms. The zero-order valence-corrected chi connectivity index (χ0v) is 17.6. The molecule has 0 bridgehead atoms. The standard InChI is InChI=1S/C23H22O8/c1-26-18-7-13(8-19(27-2)22(18)28-3)20-15-9-17-16(30-11-31-17)6-12(15)5-14(10-24)21(20)23(25)29-4/h5-10,20-21H,11H2,1-4H3/t20?,21-/m1/s1. The molecule has 0 amide bonds. The molecule has 8 heteroatoms. The van der Waals surface area contributed by atoms with Crippen LogP contribution in [0.25, 0.3) is 6.08 Å². The molecule has 2 atom stereocenters. The van der Waals surface area contributed by atoms with Crippen molar-refractivity contribution in [3.8, 4) is 28.7 Å². The van der Waals surface area contributed by atoms with Gasteiger partial charge in [-0.1, -0.05) is 0 Å². The maximum Gasteiger partial charge on any atom is 0.314 e. The predicted molar refractivity (Wildman–Crippen MR) is 110 cm³/mol. The summed E-state index contributed by atoms with van der Waals surface area (Å²) in [6.07, 6.45) is 2.36. The van der Waals surface area contributed by atoms with Gasteiger partial charge < -0.3 is 28.4 Å². The van der Waals surface area contributed by atoms with Crippen LogP contribution in [-0.4, -0.2) is 47.5 Å². The van der Waals surface area contributed by atoms with Gasteiger partial charge in [-0.05, 0) is 47.0 Å². The van der Waals surface area contributed by atoms with Crippen molar-refractivity contribution < 1.29 is 38.0 Å². The highest BCUT2D eigenvalue weighted by Crippen LogP contribution is 2.50. The zero-order chi connectivity index (χ0) is 22.1. The largest absolute Gasteiger partial charge is 0.493 e. The third-order valence-electron chi connectivity index (χ3n) is 5.57. The molecule has 0 N–H and O–H groups in total. The summed E-state index contributed by atoms with van der Waals surface area (Å²) in [5.74, 6) is 0.504. The number of fused-ring (bicyclic) bond motifs is 2. The van der Waals surface area contributed by atoms with Crippen molar-refractivity contribution in [3.63, 3.8) is 0 Å². The summed E-state index contributed by atoms with van der Waals surface area (Å²) >= 11 is 0. The molecular formula is C23H22O8. The monoisotopic (exact) mass is 426 g/mol. The smallest absolute Gasteiger partial charge is 0.314 e. The molecule has 1 aliphatic carbocycles. The molecule has 0 saturated carbocycles. The number of methoxy groups -OCH3 is 4. The van der Waals surface area contributed by atoms with E-state index in [4.69, 9.17) is 28.4 Å². The Morgan fingerprint density at radius 1 is 0.968 bits per heavy atom. The minimum atomic E-state index is -0.863. The summed E-state index contributed by atoms with van der Waals surface area (Å²) in [6, 6.07) is 7.17. The maximum absolute atomic E-state index is 12.8. The van der Waals surface area contributed by atoms with E-state index >= 15 is 0 Å². The molecule has 4 rings (SSSR count). The molecule has 0 saturated heterocycles. The van der Waals surface area contributed by atoms with E-state index in [1.165, 1.54) is 28.4 Å². The molecule has 1 aliphatic heterocycles. The number of esters is 1. The van der Waals surface area contributed by atoms with Gasteiger partial charge >= 0.3 is 5.97 Å². The fourth-order valence-electron chi connectivity index (χ4n) is 4.17. The van der Waals surface area contributed by atoms with Crippen LogP contribution in [0.5, 0.6) is 28.7 Å². The first-order valence-electron chi connectivity index (χ1n) is 9.54. The Hall–Kier alpha value is -3.68. The topological polar surface area (TPSA) is 89.5 Å². The molecule has 162 valence electrons. The quantitative estimate of drug-likeness (QED) is 0.515. The molecular weight excluding hydrogens is 404 g/mol. The molecule has 2 aromatic rings. The van der Waals surface area contributed by atoms with Crippen LogP contribution < -0.4 is 23.7 Å². The van der Waals surface area contributed by atoms with Crippen LogP contribution >= 0.6 is 0 Å². The highest BCUT2D eigenvalue weighted by atomic mass is 16.7. The number of benzene rings is 2. The normalized spacial score (nSPS) is 18.5. The molecule has 0 radical (unpaired) electrons. The van der Waals surface area contributed by atoms with Crippen molar-refractivity contribution in [2.45, 2.75) is 5.92 Å². The number of aldehydes is 1. The number of hydrogen-bond donors (Lipinski definition) is 0. The summed E-state index contributed by atoms with van der Waals surface area (Å²) in [4.78, 5) is 24.8. The molecule has 0 fully saturated rings. The molecule has 2 aliphatic rings. The van der Waals surface area contributed by atoms with Crippen LogP contribution in [0.2, 0.25) is 0 Å². The second kappa shape index (κ2) is 8.22. The SMILES string of the molecule is COC(=O)[C@@H]1C(C=O)=Cc2cc3c(cc2C1c1cc(OC)c(OC)c(OC)c1)OCO3. The number of rotatable bonds is 6. The van der Waals surface area contributed by atoms with Crippen molar-refractivity contribution in [2.24, 2.45) is 5.92 Å². The first-order valence-corrected chi connectivity index (χ1v) is 9.54. The highest BCUT2D eigenvalue weighted by Gasteiger charge is 2.40. The minimum absolute atomic E-state index is 0.109. The maximum atomic E-state index is 12.8. The first-order chi connectivity index (χ1) is 15.1. The van der Waals surface area contributed by atoms with E-state index in [1.807, 2.05) is 6.07 Å². The van der Waals surface area contributed by atoms with Crippen molar-refractivity contribution in [1.82, 2.24) is 0 Å². The van der Waals surface area contributed by atoms with Crippen molar-refractivity contribution in [3.05, 3.63) is 46.5 Å². The second-order valence-electron chi connectivity index (χ2n) is 7.03. The average molecular weight is 426 g/mol. The third kappa shape index (κ3) is 3.34. The van der Waals surface area contributed by atoms with Crippen LogP contribution in [0.4, 0.5) is 0 Å². The van der Waals surface area contributed by atoms with Crippen LogP contribution in [0.3, 0.4) is 0 Å². The lowest BCUT2D eigenvalue weighted by Crippen LogP contribution is -2.30. The highest BCUT2D eigenvalue weighted by molar-refractivity contribution is 5.95. The van der Waals surface area contributed by atoms with Gasteiger partial charge in [0.2, 0.25) is 12.5 Å². The zero-order valence-electron chi connectivity index (χ0n) is 17.6. The predicted octanol–water partition coefficient (Wildman–Crippen LogP) is 2.96. The first kappa shape index (κ1) is 20.6. The van der Waals surface area contributed by atoms with E-state index in [1.54, 1.807) is 24.3 Å². The van der Waals surface area contributed by atoms with Crippen molar-refractivity contribution >= 4 is 18.3 Å². The van der Waals surface area contributed by atoms with Gasteiger partial charge in [-0.15, -0.1) is 0 Å². The summed E-state index contributed by atoms with van der Waals surface area (Å²) in [7, 11) is 5.85. The lowest BCUT2D eigenvalue weighted by atomic mass is 9.71. The fourth-order valence-corrected chi connectivity index (χ4v) is 4.17. The lowest BCUT2D eigenvalue weighted by Gasteiger charge is -2.32. The van der Waals surface area contributed by atoms with Crippen LogP contribution in [0, 0.1) is 5.92 Å². The Balaban J connectivity index is 1.99. The van der Waals surface area contributed by atoms with Gasteiger partial charge in [-0.2, -0.15) is 0 Å². The molecule has 0 aromatic heterocycles. The second-order valence-corrected chi connectivity index (χ2v) is 7.03. The van der Waals surface area contributed by atoms with E-state index in [9.17, 15) is 9.59 Å². The molecule has 8 nitrogen and oxygen atoms in total. The van der Waals surface area contributed by atoms with E-state index < -0.39 is 17.8 Å². The Labute approximate surface area is 179 Å². The molecule has 2 aromatic carbocycles. The van der Waals surface area contributed by atoms with Gasteiger partial charge in [0.1, 0.15) is 6.29 Å². The van der Waals surface area contributed by atoms with Gasteiger partial charge in [-0.25, -0.2) is 0 Å². The third-order valence-corrected chi connectivity index (χ3v) is 5.57. The minimum Gasteiger partial charge on any atom is -0.493 e. The average Bonchev–Trinajstić information content (AvgIpc) is 3.27. The van der Waals surface area contributed by atoms with Crippen LogP contribution in [0.15, 0.2) is 29.8 Å². The van der Waals surface area contributed by atoms with E-state index in [0.29, 0.717) is 46.2 Å². The fraction of sp³-hybridized carbons (Fsp3) is 0.304. The van der Waals surface area contributed by atoms with Gasteiger partial charge in [0.25, 0.3) is 0 Å². The van der Waals surface area contributed by atoms with Crippen molar-refractivity contribution in [2.75, 3.05) is 35.2 Å². The number of hydrogen-bond acceptors (Lipinski definition) is 8. The Kier molecular flexibility index (Phi) is 5.46. The van der Waals surface area contributed by atoms with E-state index in [-0.39, 0.29) is 6.79 Å². The molecule has 1 unspecified atom stereocenters. The summed E-state index contributed by atoms with van der Waals surface area (Å²) in [5, 5.41) is 0. The lowest BCUT2D eigenvalue weighted by molar-refractivity contribution is -0.145. The Bertz CT molecular complexity index is 1050. The number of carbonyl (C=O) groups excluding carboxylic acids is 2. The van der Waals surface area contributed by atoms with Crippen molar-refractivity contribution in [1.29, 1.82) is 0 Å². The van der Waals surface area contributed by atoms with Crippen LogP contribution in [-0.2, 0) is 14.3 Å². The number of carbonyl (C=O) groups is 2.